The van der Waals surface area contributed by atoms with Crippen molar-refractivity contribution in [1.82, 2.24) is 4.98 Å². The minimum absolute atomic E-state index is 0.159. The molecule has 0 saturated heterocycles. The number of hydrogen-bond acceptors (Lipinski definition) is 2. The van der Waals surface area contributed by atoms with E-state index in [1.165, 1.54) is 11.8 Å². The molecule has 0 aliphatic heterocycles. The fourth-order valence-electron chi connectivity index (χ4n) is 2.02. The largest absolute Gasteiger partial charge is 0.477 e. The summed E-state index contributed by atoms with van der Waals surface area (Å²) in [5.41, 5.74) is 0.903. The van der Waals surface area contributed by atoms with Gasteiger partial charge >= 0.3 is 5.97 Å². The first-order chi connectivity index (χ1) is 10.0. The van der Waals surface area contributed by atoms with E-state index in [0.717, 1.165) is 15.8 Å². The molecule has 0 fully saturated rings. The van der Waals surface area contributed by atoms with E-state index >= 15 is 0 Å². The van der Waals surface area contributed by atoms with Crippen LogP contribution in [0.2, 0.25) is 10.0 Å². The Bertz CT molecular complexity index is 828. The van der Waals surface area contributed by atoms with Crippen molar-refractivity contribution >= 4 is 51.8 Å². The van der Waals surface area contributed by atoms with Gasteiger partial charge in [0, 0.05) is 25.8 Å². The summed E-state index contributed by atoms with van der Waals surface area (Å²) in [6.45, 7) is 0. The standard InChI is InChI=1S/C15H9Cl2NO2S/c16-8-1-4-10(5-2-8)21-14-11-7-9(17)3-6-12(11)18-13(14)15(19)20/h1-7,18H,(H,19,20). The smallest absolute Gasteiger partial charge is 0.353 e. The van der Waals surface area contributed by atoms with Gasteiger partial charge in [0.15, 0.2) is 0 Å². The molecule has 106 valence electrons. The van der Waals surface area contributed by atoms with Gasteiger partial charge in [-0.2, -0.15) is 0 Å². The van der Waals surface area contributed by atoms with Crippen LogP contribution in [0.5, 0.6) is 0 Å². The summed E-state index contributed by atoms with van der Waals surface area (Å²) in [6.07, 6.45) is 0. The van der Waals surface area contributed by atoms with E-state index in [4.69, 9.17) is 23.2 Å². The molecule has 3 aromatic rings. The van der Waals surface area contributed by atoms with Gasteiger partial charge in [0.05, 0.1) is 4.90 Å². The average Bonchev–Trinajstić information content (AvgIpc) is 2.80. The van der Waals surface area contributed by atoms with Crippen LogP contribution in [0, 0.1) is 0 Å². The number of rotatable bonds is 3. The number of H-pyrrole nitrogens is 1. The van der Waals surface area contributed by atoms with Crippen LogP contribution < -0.4 is 0 Å². The third kappa shape index (κ3) is 2.88. The molecule has 0 radical (unpaired) electrons. The molecular weight excluding hydrogens is 329 g/mol. The van der Waals surface area contributed by atoms with E-state index in [-0.39, 0.29) is 5.69 Å². The summed E-state index contributed by atoms with van der Waals surface area (Å²) >= 11 is 13.2. The molecule has 0 bridgehead atoms. The summed E-state index contributed by atoms with van der Waals surface area (Å²) < 4.78 is 0. The second kappa shape index (κ2) is 5.64. The van der Waals surface area contributed by atoms with Crippen LogP contribution in [0.15, 0.2) is 52.3 Å². The number of nitrogens with one attached hydrogen (secondary N) is 1. The van der Waals surface area contributed by atoms with Crippen LogP contribution in [-0.2, 0) is 0 Å². The summed E-state index contributed by atoms with van der Waals surface area (Å²) in [6, 6.07) is 12.5. The Balaban J connectivity index is 2.14. The molecule has 2 N–H and O–H groups in total. The first-order valence-corrected chi connectivity index (χ1v) is 7.60. The topological polar surface area (TPSA) is 53.1 Å². The Morgan fingerprint density at radius 2 is 1.71 bits per heavy atom. The Morgan fingerprint density at radius 3 is 2.38 bits per heavy atom. The zero-order chi connectivity index (χ0) is 15.0. The number of carbonyl (C=O) groups is 1. The normalized spacial score (nSPS) is 11.0. The molecule has 3 nitrogen and oxygen atoms in total. The molecule has 0 unspecified atom stereocenters. The molecule has 0 aliphatic carbocycles. The number of fused-ring (bicyclic) bond motifs is 1. The van der Waals surface area contributed by atoms with E-state index < -0.39 is 5.97 Å². The lowest BCUT2D eigenvalue weighted by Gasteiger charge is -2.02. The van der Waals surface area contributed by atoms with Crippen molar-refractivity contribution < 1.29 is 9.90 Å². The van der Waals surface area contributed by atoms with Crippen molar-refractivity contribution in [1.29, 1.82) is 0 Å². The van der Waals surface area contributed by atoms with E-state index in [1.807, 2.05) is 12.1 Å². The second-order valence-corrected chi connectivity index (χ2v) is 6.34. The predicted octanol–water partition coefficient (Wildman–Crippen LogP) is 5.32. The zero-order valence-corrected chi connectivity index (χ0v) is 12.9. The van der Waals surface area contributed by atoms with Gasteiger partial charge in [0.2, 0.25) is 0 Å². The molecule has 0 spiro atoms. The number of carboxylic acid groups (broad SMARTS) is 1. The molecule has 0 aliphatic rings. The predicted molar refractivity (Wildman–Crippen MR) is 85.8 cm³/mol. The van der Waals surface area contributed by atoms with Gasteiger partial charge in [0.25, 0.3) is 0 Å². The Morgan fingerprint density at radius 1 is 1.05 bits per heavy atom. The van der Waals surface area contributed by atoms with E-state index in [2.05, 4.69) is 4.98 Å². The van der Waals surface area contributed by atoms with Gasteiger partial charge in [-0.25, -0.2) is 4.79 Å². The highest BCUT2D eigenvalue weighted by Gasteiger charge is 2.18. The van der Waals surface area contributed by atoms with Crippen molar-refractivity contribution in [2.24, 2.45) is 0 Å². The second-order valence-electron chi connectivity index (χ2n) is 4.38. The summed E-state index contributed by atoms with van der Waals surface area (Å²) in [4.78, 5) is 15.9. The maximum atomic E-state index is 11.4. The van der Waals surface area contributed by atoms with Gasteiger partial charge in [-0.3, -0.25) is 0 Å². The maximum Gasteiger partial charge on any atom is 0.353 e. The van der Waals surface area contributed by atoms with E-state index in [9.17, 15) is 9.90 Å². The van der Waals surface area contributed by atoms with Crippen molar-refractivity contribution in [3.05, 3.63) is 58.2 Å². The fourth-order valence-corrected chi connectivity index (χ4v) is 3.34. The van der Waals surface area contributed by atoms with Gasteiger partial charge in [0.1, 0.15) is 5.69 Å². The highest BCUT2D eigenvalue weighted by molar-refractivity contribution is 7.99. The van der Waals surface area contributed by atoms with Crippen LogP contribution in [0.25, 0.3) is 10.9 Å². The molecule has 0 saturated carbocycles. The van der Waals surface area contributed by atoms with Crippen molar-refractivity contribution in [2.75, 3.05) is 0 Å². The minimum Gasteiger partial charge on any atom is -0.477 e. The summed E-state index contributed by atoms with van der Waals surface area (Å²) in [5.74, 6) is -1.00. The molecule has 3 rings (SSSR count). The molecule has 21 heavy (non-hydrogen) atoms. The maximum absolute atomic E-state index is 11.4. The Kier molecular flexibility index (Phi) is 3.85. The average molecular weight is 338 g/mol. The fraction of sp³-hybridized carbons (Fsp3) is 0. The third-order valence-electron chi connectivity index (χ3n) is 2.96. The van der Waals surface area contributed by atoms with E-state index in [0.29, 0.717) is 14.9 Å². The molecule has 1 heterocycles. The highest BCUT2D eigenvalue weighted by atomic mass is 35.5. The van der Waals surface area contributed by atoms with Crippen molar-refractivity contribution in [3.63, 3.8) is 0 Å². The number of aromatic nitrogens is 1. The Hall–Kier alpha value is -1.62. The van der Waals surface area contributed by atoms with Crippen LogP contribution in [-0.4, -0.2) is 16.1 Å². The van der Waals surface area contributed by atoms with Gasteiger partial charge in [-0.15, -0.1) is 0 Å². The molecule has 6 heteroatoms. The third-order valence-corrected chi connectivity index (χ3v) is 4.58. The quantitative estimate of drug-likeness (QED) is 0.679. The number of benzene rings is 2. The summed E-state index contributed by atoms with van der Waals surface area (Å²) in [5, 5.41) is 11.4. The Labute approximate surface area is 134 Å². The van der Waals surface area contributed by atoms with Gasteiger partial charge < -0.3 is 10.1 Å². The molecule has 0 atom stereocenters. The minimum atomic E-state index is -1.00. The van der Waals surface area contributed by atoms with Crippen LogP contribution in [0.1, 0.15) is 10.5 Å². The summed E-state index contributed by atoms with van der Waals surface area (Å²) in [7, 11) is 0. The number of aromatic amines is 1. The van der Waals surface area contributed by atoms with Crippen molar-refractivity contribution in [2.45, 2.75) is 9.79 Å². The lowest BCUT2D eigenvalue weighted by Crippen LogP contribution is -1.97. The number of halogens is 2. The first kappa shape index (κ1) is 14.3. The van der Waals surface area contributed by atoms with Crippen molar-refractivity contribution in [3.8, 4) is 0 Å². The highest BCUT2D eigenvalue weighted by Crippen LogP contribution is 2.38. The number of hydrogen-bond donors (Lipinski definition) is 2. The van der Waals surface area contributed by atoms with E-state index in [1.54, 1.807) is 30.3 Å². The van der Waals surface area contributed by atoms with Crippen LogP contribution in [0.4, 0.5) is 0 Å². The number of carboxylic acids is 1. The monoisotopic (exact) mass is 337 g/mol. The lowest BCUT2D eigenvalue weighted by atomic mass is 10.2. The zero-order valence-electron chi connectivity index (χ0n) is 10.6. The van der Waals surface area contributed by atoms with Gasteiger partial charge in [-0.1, -0.05) is 35.0 Å². The molecule has 2 aromatic carbocycles. The van der Waals surface area contributed by atoms with Crippen LogP contribution >= 0.6 is 35.0 Å². The molecule has 0 amide bonds. The molecular formula is C15H9Cl2NO2S. The lowest BCUT2D eigenvalue weighted by molar-refractivity contribution is 0.0688. The molecule has 1 aromatic heterocycles. The SMILES string of the molecule is O=C(O)c1[nH]c2ccc(Cl)cc2c1Sc1ccc(Cl)cc1. The van der Waals surface area contributed by atoms with Gasteiger partial charge in [-0.05, 0) is 42.5 Å². The van der Waals surface area contributed by atoms with Crippen LogP contribution in [0.3, 0.4) is 0 Å². The first-order valence-electron chi connectivity index (χ1n) is 6.02. The number of aromatic carboxylic acids is 1.